The van der Waals surface area contributed by atoms with Crippen LogP contribution in [0.25, 0.3) is 17.1 Å². The van der Waals surface area contributed by atoms with Crippen LogP contribution < -0.4 is 4.74 Å². The van der Waals surface area contributed by atoms with Crippen molar-refractivity contribution in [2.24, 2.45) is 0 Å². The summed E-state index contributed by atoms with van der Waals surface area (Å²) < 4.78 is 59.7. The van der Waals surface area contributed by atoms with Gasteiger partial charge in [-0.3, -0.25) is 9.47 Å². The number of alkyl halides is 2. The second-order valence-corrected chi connectivity index (χ2v) is 7.97. The van der Waals surface area contributed by atoms with Crippen LogP contribution in [0.3, 0.4) is 0 Å². The van der Waals surface area contributed by atoms with Crippen molar-refractivity contribution in [1.29, 1.82) is 0 Å². The Morgan fingerprint density at radius 3 is 2.09 bits per heavy atom. The van der Waals surface area contributed by atoms with Gasteiger partial charge < -0.3 is 4.74 Å². The molecule has 0 spiro atoms. The molecule has 1 aromatic heterocycles. The van der Waals surface area contributed by atoms with E-state index in [0.29, 0.717) is 35.1 Å². The van der Waals surface area contributed by atoms with Gasteiger partial charge in [0.25, 0.3) is 0 Å². The highest BCUT2D eigenvalue weighted by Crippen LogP contribution is 2.24. The minimum absolute atomic E-state index is 0.0885. The topological polar surface area (TPSA) is 35.2 Å². The van der Waals surface area contributed by atoms with Crippen LogP contribution >= 0.6 is 12.2 Å². The van der Waals surface area contributed by atoms with Crippen LogP contribution in [-0.4, -0.2) is 32.9 Å². The molecule has 0 aliphatic heterocycles. The maximum absolute atomic E-state index is 13.5. The molecular weight excluding hydrogens is 468 g/mol. The smallest absolute Gasteiger partial charge is 0.387 e. The largest absolute Gasteiger partial charge is 0.435 e. The van der Waals surface area contributed by atoms with Gasteiger partial charge in [-0.05, 0) is 85.5 Å². The average molecular weight is 489 g/mol. The Labute approximate surface area is 198 Å². The first-order valence-electron chi connectivity index (χ1n) is 10.2. The fourth-order valence-corrected chi connectivity index (χ4v) is 3.77. The van der Waals surface area contributed by atoms with E-state index in [0.717, 1.165) is 5.56 Å². The molecule has 10 heteroatoms. The lowest BCUT2D eigenvalue weighted by molar-refractivity contribution is -0.0498. The number of benzene rings is 3. The molecule has 4 aromatic rings. The molecule has 1 heterocycles. The van der Waals surface area contributed by atoms with Gasteiger partial charge in [0.1, 0.15) is 17.4 Å². The van der Waals surface area contributed by atoms with Crippen LogP contribution in [-0.2, 0) is 13.2 Å². The fourth-order valence-electron chi connectivity index (χ4n) is 3.48. The van der Waals surface area contributed by atoms with Crippen LogP contribution in [0.1, 0.15) is 5.56 Å². The zero-order chi connectivity index (χ0) is 24.2. The van der Waals surface area contributed by atoms with Gasteiger partial charge in [0.15, 0.2) is 5.82 Å². The SMILES string of the molecule is CN(Cc1ccc(OC(F)F)cc1)Cn1nc(-c2ccc(F)cc2)n(-c2ccc(F)cc2)c1=S. The molecular formula is C24H20F4N4OS. The first-order chi connectivity index (χ1) is 16.3. The van der Waals surface area contributed by atoms with Crippen molar-refractivity contribution >= 4 is 12.2 Å². The van der Waals surface area contributed by atoms with Crippen LogP contribution in [0, 0.1) is 16.4 Å². The molecule has 0 unspecified atom stereocenters. The number of hydrogen-bond acceptors (Lipinski definition) is 4. The molecule has 0 aliphatic carbocycles. The van der Waals surface area contributed by atoms with Crippen molar-refractivity contribution in [1.82, 2.24) is 19.2 Å². The predicted molar refractivity (Wildman–Crippen MR) is 122 cm³/mol. The van der Waals surface area contributed by atoms with Gasteiger partial charge in [-0.15, -0.1) is 5.10 Å². The van der Waals surface area contributed by atoms with E-state index in [1.54, 1.807) is 45.6 Å². The van der Waals surface area contributed by atoms with E-state index < -0.39 is 6.61 Å². The number of rotatable bonds is 8. The minimum atomic E-state index is -2.87. The molecule has 0 radical (unpaired) electrons. The molecule has 4 rings (SSSR count). The zero-order valence-electron chi connectivity index (χ0n) is 18.0. The number of halogens is 4. The molecule has 0 saturated heterocycles. The van der Waals surface area contributed by atoms with E-state index in [4.69, 9.17) is 12.2 Å². The average Bonchev–Trinajstić information content (AvgIpc) is 3.11. The third-order valence-corrected chi connectivity index (χ3v) is 5.40. The summed E-state index contributed by atoms with van der Waals surface area (Å²) in [6.07, 6.45) is 0. The molecule has 0 saturated carbocycles. The highest BCUT2D eigenvalue weighted by atomic mass is 32.1. The van der Waals surface area contributed by atoms with E-state index in [9.17, 15) is 17.6 Å². The van der Waals surface area contributed by atoms with Gasteiger partial charge in [-0.2, -0.15) is 8.78 Å². The maximum Gasteiger partial charge on any atom is 0.387 e. The number of nitrogens with zero attached hydrogens (tertiary/aromatic N) is 4. The first-order valence-corrected chi connectivity index (χ1v) is 10.6. The Kier molecular flexibility index (Phi) is 7.09. The van der Waals surface area contributed by atoms with Crippen LogP contribution in [0.5, 0.6) is 5.75 Å². The van der Waals surface area contributed by atoms with Crippen LogP contribution in [0.4, 0.5) is 17.6 Å². The van der Waals surface area contributed by atoms with Gasteiger partial charge in [0, 0.05) is 12.1 Å². The molecule has 0 bridgehead atoms. The molecule has 0 amide bonds. The van der Waals surface area contributed by atoms with Crippen molar-refractivity contribution in [3.8, 4) is 22.8 Å². The summed E-state index contributed by atoms with van der Waals surface area (Å²) in [4.78, 5) is 1.94. The first kappa shape index (κ1) is 23.7. The Bertz CT molecular complexity index is 1300. The summed E-state index contributed by atoms with van der Waals surface area (Å²) in [5.41, 5.74) is 2.15. The Morgan fingerprint density at radius 1 is 0.912 bits per heavy atom. The van der Waals surface area contributed by atoms with Crippen molar-refractivity contribution in [3.05, 3.63) is 94.8 Å². The van der Waals surface area contributed by atoms with Crippen LogP contribution in [0.2, 0.25) is 0 Å². The summed E-state index contributed by atoms with van der Waals surface area (Å²) in [7, 11) is 1.86. The van der Waals surface area contributed by atoms with Gasteiger partial charge in [0.2, 0.25) is 4.77 Å². The van der Waals surface area contributed by atoms with Gasteiger partial charge in [-0.25, -0.2) is 13.5 Å². The lowest BCUT2D eigenvalue weighted by Gasteiger charge is -2.16. The third kappa shape index (κ3) is 5.52. The molecule has 0 atom stereocenters. The van der Waals surface area contributed by atoms with Crippen molar-refractivity contribution in [2.75, 3.05) is 7.05 Å². The third-order valence-electron chi connectivity index (χ3n) is 5.00. The maximum atomic E-state index is 13.5. The molecule has 0 N–H and O–H groups in total. The molecule has 176 valence electrons. The highest BCUT2D eigenvalue weighted by Gasteiger charge is 2.16. The summed E-state index contributed by atoms with van der Waals surface area (Å²) >= 11 is 5.68. The number of ether oxygens (including phenoxy) is 1. The monoisotopic (exact) mass is 488 g/mol. The Morgan fingerprint density at radius 2 is 1.50 bits per heavy atom. The Hall–Kier alpha value is -3.50. The Balaban J connectivity index is 1.61. The number of hydrogen-bond donors (Lipinski definition) is 0. The molecule has 0 aliphatic rings. The van der Waals surface area contributed by atoms with E-state index in [1.165, 1.54) is 36.4 Å². The van der Waals surface area contributed by atoms with Gasteiger partial charge in [0.05, 0.1) is 12.4 Å². The second-order valence-electron chi connectivity index (χ2n) is 7.60. The predicted octanol–water partition coefficient (Wildman–Crippen LogP) is 6.04. The van der Waals surface area contributed by atoms with Crippen molar-refractivity contribution < 1.29 is 22.3 Å². The second kappa shape index (κ2) is 10.2. The summed E-state index contributed by atoms with van der Waals surface area (Å²) in [6.45, 7) is -2.07. The number of aromatic nitrogens is 3. The molecule has 5 nitrogen and oxygen atoms in total. The lowest BCUT2D eigenvalue weighted by Crippen LogP contribution is -2.22. The van der Waals surface area contributed by atoms with E-state index in [1.807, 2.05) is 11.9 Å². The highest BCUT2D eigenvalue weighted by molar-refractivity contribution is 7.71. The quantitative estimate of drug-likeness (QED) is 0.224. The lowest BCUT2D eigenvalue weighted by atomic mass is 10.2. The van der Waals surface area contributed by atoms with E-state index >= 15 is 0 Å². The summed E-state index contributed by atoms with van der Waals surface area (Å²) in [5.74, 6) is -0.181. The van der Waals surface area contributed by atoms with Crippen LogP contribution in [0.15, 0.2) is 72.8 Å². The molecule has 3 aromatic carbocycles. The molecule has 0 fully saturated rings. The van der Waals surface area contributed by atoms with Crippen molar-refractivity contribution in [2.45, 2.75) is 19.8 Å². The van der Waals surface area contributed by atoms with Gasteiger partial charge in [-0.1, -0.05) is 12.1 Å². The fraction of sp³-hybridized carbons (Fsp3) is 0.167. The molecule has 34 heavy (non-hydrogen) atoms. The van der Waals surface area contributed by atoms with Gasteiger partial charge >= 0.3 is 6.61 Å². The zero-order valence-corrected chi connectivity index (χ0v) is 18.9. The summed E-state index contributed by atoms with van der Waals surface area (Å²) in [5, 5.41) is 4.65. The van der Waals surface area contributed by atoms with Crippen molar-refractivity contribution in [3.63, 3.8) is 0 Å². The minimum Gasteiger partial charge on any atom is -0.435 e. The standard InChI is InChI=1S/C24H20F4N4OS/c1-30(14-16-2-12-21(13-3-16)33-23(27)28)15-31-24(34)32(20-10-8-19(26)9-11-20)22(29-31)17-4-6-18(25)7-5-17/h2-13,23H,14-15H2,1H3. The normalized spacial score (nSPS) is 11.4. The van der Waals surface area contributed by atoms with E-state index in [2.05, 4.69) is 9.84 Å². The summed E-state index contributed by atoms with van der Waals surface area (Å²) in [6, 6.07) is 18.1. The van der Waals surface area contributed by atoms with E-state index in [-0.39, 0.29) is 17.4 Å².